The number of carbonyl (C=O) groups excluding carboxylic acids is 2. The van der Waals surface area contributed by atoms with E-state index in [9.17, 15) is 27.9 Å². The zero-order valence-electron chi connectivity index (χ0n) is 19.5. The molecule has 36 heavy (non-hydrogen) atoms. The Kier molecular flexibility index (Phi) is 10.8. The van der Waals surface area contributed by atoms with Gasteiger partial charge in [-0.3, -0.25) is 19.8 Å². The number of carboxylic acid groups (broad SMARTS) is 1. The number of aromatic hydroxyl groups is 1. The number of phenols is 1. The molecule has 0 spiro atoms. The smallest absolute Gasteiger partial charge is 0.322 e. The molecule has 0 atom stereocenters. The van der Waals surface area contributed by atoms with Crippen molar-refractivity contribution in [2.45, 2.75) is 31.1 Å². The zero-order chi connectivity index (χ0) is 26.3. The van der Waals surface area contributed by atoms with Crippen LogP contribution < -0.4 is 21.1 Å². The van der Waals surface area contributed by atoms with Crippen LogP contribution in [0.3, 0.4) is 0 Å². The topological polar surface area (TPSA) is 212 Å². The van der Waals surface area contributed by atoms with Gasteiger partial charge in [-0.25, -0.2) is 13.1 Å². The van der Waals surface area contributed by atoms with E-state index < -0.39 is 45.0 Å². The number of rotatable bonds is 10. The number of nitrogens with two attached hydrogens (primary N) is 1. The fraction of sp³-hybridized carbons (Fsp3) is 0.273. The van der Waals surface area contributed by atoms with Crippen LogP contribution in [0, 0.1) is 5.41 Å². The Morgan fingerprint density at radius 2 is 1.75 bits per heavy atom. The molecule has 0 heterocycles. The molecule has 2 rings (SSSR count). The maximum Gasteiger partial charge on any atom is 0.322 e. The summed E-state index contributed by atoms with van der Waals surface area (Å²) >= 11 is 0. The number of amidine groups is 1. The number of phenolic OH excluding ortho intramolecular Hbond substituents is 1. The number of hydrogen-bond acceptors (Lipinski definition) is 7. The van der Waals surface area contributed by atoms with Crippen LogP contribution in [0.1, 0.15) is 36.5 Å². The monoisotopic (exact) mass is 541 g/mol. The summed E-state index contributed by atoms with van der Waals surface area (Å²) in [6, 6.07) is 8.66. The minimum atomic E-state index is -4.16. The van der Waals surface area contributed by atoms with Crippen LogP contribution >= 0.6 is 12.4 Å². The number of nitrogen functional groups attached to an aromatic ring is 1. The van der Waals surface area contributed by atoms with E-state index >= 15 is 0 Å². The fourth-order valence-corrected chi connectivity index (χ4v) is 4.15. The van der Waals surface area contributed by atoms with Crippen LogP contribution in [0.15, 0.2) is 41.3 Å². The summed E-state index contributed by atoms with van der Waals surface area (Å²) < 4.78 is 27.7. The molecule has 2 amide bonds. The SMILES string of the molecule is CC(C)c1ccc(CCNS(=O)(=O)c2cc(C(=N)N)ccc2O)c(NC(=O)C(=O)NCC(=O)O)c1.Cl. The number of anilines is 1. The molecule has 0 saturated carbocycles. The number of aliphatic carboxylic acids is 1. The van der Waals surface area contributed by atoms with E-state index in [0.717, 1.165) is 17.7 Å². The van der Waals surface area contributed by atoms with E-state index in [-0.39, 0.29) is 48.4 Å². The lowest BCUT2D eigenvalue weighted by Gasteiger charge is -2.15. The first-order chi connectivity index (χ1) is 16.3. The molecule has 2 aromatic rings. The van der Waals surface area contributed by atoms with Crippen molar-refractivity contribution in [3.63, 3.8) is 0 Å². The summed E-state index contributed by atoms with van der Waals surface area (Å²) in [5.74, 6) is -4.28. The lowest BCUT2D eigenvalue weighted by molar-refractivity contribution is -0.140. The molecule has 0 saturated heterocycles. The van der Waals surface area contributed by atoms with E-state index in [1.54, 1.807) is 18.2 Å². The van der Waals surface area contributed by atoms with E-state index in [1.807, 2.05) is 19.2 Å². The van der Waals surface area contributed by atoms with Gasteiger partial charge in [0.15, 0.2) is 0 Å². The van der Waals surface area contributed by atoms with Crippen molar-refractivity contribution in [1.82, 2.24) is 10.0 Å². The largest absolute Gasteiger partial charge is 0.507 e. The van der Waals surface area contributed by atoms with Crippen molar-refractivity contribution in [1.29, 1.82) is 5.41 Å². The molecule has 0 bridgehead atoms. The lowest BCUT2D eigenvalue weighted by atomic mass is 9.99. The van der Waals surface area contributed by atoms with E-state index in [0.29, 0.717) is 5.56 Å². The van der Waals surface area contributed by atoms with Gasteiger partial charge >= 0.3 is 17.8 Å². The number of nitrogens with one attached hydrogen (secondary N) is 4. The number of amides is 2. The molecule has 14 heteroatoms. The van der Waals surface area contributed by atoms with Gasteiger partial charge in [0.1, 0.15) is 23.0 Å². The highest BCUT2D eigenvalue weighted by Crippen LogP contribution is 2.25. The van der Waals surface area contributed by atoms with E-state index in [2.05, 4.69) is 10.0 Å². The molecule has 0 aliphatic heterocycles. The predicted octanol–water partition coefficient (Wildman–Crippen LogP) is 0.882. The average Bonchev–Trinajstić information content (AvgIpc) is 2.77. The zero-order valence-corrected chi connectivity index (χ0v) is 21.1. The molecule has 8 N–H and O–H groups in total. The predicted molar refractivity (Wildman–Crippen MR) is 135 cm³/mol. The summed E-state index contributed by atoms with van der Waals surface area (Å²) in [4.78, 5) is 34.2. The molecule has 0 fully saturated rings. The maximum atomic E-state index is 12.7. The second-order valence-corrected chi connectivity index (χ2v) is 9.58. The number of carbonyl (C=O) groups is 3. The minimum Gasteiger partial charge on any atom is -0.507 e. The van der Waals surface area contributed by atoms with Crippen molar-refractivity contribution in [3.8, 4) is 5.75 Å². The highest BCUT2D eigenvalue weighted by molar-refractivity contribution is 7.89. The van der Waals surface area contributed by atoms with Gasteiger partial charge in [0, 0.05) is 17.8 Å². The third-order valence-corrected chi connectivity index (χ3v) is 6.39. The molecular formula is C22H28ClN5O7S. The molecule has 2 aromatic carbocycles. The van der Waals surface area contributed by atoms with Crippen LogP contribution in [-0.4, -0.2) is 55.3 Å². The number of halogens is 1. The Bertz CT molecular complexity index is 1270. The quantitative estimate of drug-likeness (QED) is 0.130. The van der Waals surface area contributed by atoms with Crippen LogP contribution in [0.2, 0.25) is 0 Å². The number of carboxylic acids is 1. The number of benzene rings is 2. The highest BCUT2D eigenvalue weighted by atomic mass is 35.5. The first-order valence-electron chi connectivity index (χ1n) is 10.4. The van der Waals surface area contributed by atoms with Crippen LogP contribution in [0.5, 0.6) is 5.75 Å². The molecule has 0 unspecified atom stereocenters. The summed E-state index contributed by atoms with van der Waals surface area (Å²) in [7, 11) is -4.16. The van der Waals surface area contributed by atoms with Gasteiger partial charge in [-0.05, 0) is 47.7 Å². The second kappa shape index (κ2) is 12.9. The van der Waals surface area contributed by atoms with Gasteiger partial charge in [-0.15, -0.1) is 12.4 Å². The van der Waals surface area contributed by atoms with Gasteiger partial charge in [-0.2, -0.15) is 0 Å². The summed E-state index contributed by atoms with van der Waals surface area (Å²) in [6.45, 7) is 3.01. The second-order valence-electron chi connectivity index (χ2n) is 7.85. The van der Waals surface area contributed by atoms with E-state index in [4.69, 9.17) is 16.2 Å². The lowest BCUT2D eigenvalue weighted by Crippen LogP contribution is -2.38. The van der Waals surface area contributed by atoms with Gasteiger partial charge < -0.3 is 26.6 Å². The Balaban J connectivity index is 0.00000648. The Morgan fingerprint density at radius 3 is 2.33 bits per heavy atom. The van der Waals surface area contributed by atoms with Gasteiger partial charge in [0.2, 0.25) is 10.0 Å². The van der Waals surface area contributed by atoms with Crippen molar-refractivity contribution in [2.75, 3.05) is 18.4 Å². The molecule has 0 aliphatic carbocycles. The maximum absolute atomic E-state index is 12.7. The van der Waals surface area contributed by atoms with Gasteiger partial charge in [0.05, 0.1) is 0 Å². The summed E-state index contributed by atoms with van der Waals surface area (Å²) in [6.07, 6.45) is 0.108. The Labute approximate surface area is 214 Å². The normalized spacial score (nSPS) is 10.9. The third-order valence-electron chi connectivity index (χ3n) is 4.90. The number of hydrogen-bond donors (Lipinski definition) is 7. The standard InChI is InChI=1S/C22H27N5O7S.ClH/c1-12(2)14-4-3-13(16(9-14)27-22(32)21(31)25-11-19(29)30)7-8-26-35(33,34)18-10-15(20(23)24)5-6-17(18)28;/h3-6,9-10,12,26,28H,7-8,11H2,1-2H3,(H3,23,24)(H,25,31)(H,27,32)(H,29,30);1H. The first-order valence-corrected chi connectivity index (χ1v) is 11.9. The fourth-order valence-electron chi connectivity index (χ4n) is 3.00. The van der Waals surface area contributed by atoms with Crippen molar-refractivity contribution < 1.29 is 33.0 Å². The Morgan fingerprint density at radius 1 is 1.08 bits per heavy atom. The van der Waals surface area contributed by atoms with Gasteiger partial charge in [0.25, 0.3) is 0 Å². The number of sulfonamides is 1. The third kappa shape index (κ3) is 8.22. The van der Waals surface area contributed by atoms with Gasteiger partial charge in [-0.1, -0.05) is 26.0 Å². The first kappa shape index (κ1) is 30.4. The molecule has 0 aromatic heterocycles. The molecule has 0 radical (unpaired) electrons. The van der Waals surface area contributed by atoms with E-state index in [1.165, 1.54) is 6.07 Å². The Hall–Kier alpha value is -3.68. The highest BCUT2D eigenvalue weighted by Gasteiger charge is 2.21. The summed E-state index contributed by atoms with van der Waals surface area (Å²) in [5, 5.41) is 30.5. The molecule has 0 aliphatic rings. The molecule has 196 valence electrons. The summed E-state index contributed by atoms with van der Waals surface area (Å²) in [5.41, 5.74) is 7.15. The average molecular weight is 542 g/mol. The van der Waals surface area contributed by atoms with Crippen molar-refractivity contribution in [3.05, 3.63) is 53.1 Å². The molecular weight excluding hydrogens is 514 g/mol. The van der Waals surface area contributed by atoms with Crippen molar-refractivity contribution >= 4 is 51.7 Å². The van der Waals surface area contributed by atoms with Crippen LogP contribution in [0.4, 0.5) is 5.69 Å². The van der Waals surface area contributed by atoms with Crippen molar-refractivity contribution in [2.24, 2.45) is 5.73 Å². The molecule has 12 nitrogen and oxygen atoms in total. The van der Waals surface area contributed by atoms with Crippen LogP contribution in [-0.2, 0) is 30.8 Å². The van der Waals surface area contributed by atoms with Crippen LogP contribution in [0.25, 0.3) is 0 Å². The minimum absolute atomic E-state index is 0.